The number of hydrogen-bond donors (Lipinski definition) is 1. The number of thioether (sulfide) groups is 1. The monoisotopic (exact) mass is 427 g/mol. The van der Waals surface area contributed by atoms with Crippen LogP contribution in [0.15, 0.2) is 53.7 Å². The Kier molecular flexibility index (Phi) is 6.03. The average Bonchev–Trinajstić information content (AvgIpc) is 3.25. The Hall–Kier alpha value is -3.27. The number of aromatic hydroxyl groups is 1. The van der Waals surface area contributed by atoms with Crippen molar-refractivity contribution in [1.29, 1.82) is 0 Å². The molecule has 4 rings (SSSR count). The van der Waals surface area contributed by atoms with Crippen LogP contribution in [-0.4, -0.2) is 67.7 Å². The van der Waals surface area contributed by atoms with E-state index in [1.165, 1.54) is 16.4 Å². The first kappa shape index (κ1) is 20.0. The van der Waals surface area contributed by atoms with Gasteiger partial charge in [0.15, 0.2) is 17.6 Å². The van der Waals surface area contributed by atoms with Gasteiger partial charge in [0.1, 0.15) is 12.4 Å². The second-order valence-electron chi connectivity index (χ2n) is 6.61. The molecule has 1 N–H and O–H groups in total. The van der Waals surface area contributed by atoms with E-state index in [1.807, 2.05) is 31.2 Å². The summed E-state index contributed by atoms with van der Waals surface area (Å²) in [5, 5.41) is 21.6. The van der Waals surface area contributed by atoms with Gasteiger partial charge in [-0.3, -0.25) is 4.79 Å². The number of aromatic nitrogens is 4. The fourth-order valence-electron chi connectivity index (χ4n) is 3.05. The zero-order valence-corrected chi connectivity index (χ0v) is 17.2. The summed E-state index contributed by atoms with van der Waals surface area (Å²) >= 11 is 1.26. The van der Waals surface area contributed by atoms with Crippen molar-refractivity contribution in [1.82, 2.24) is 25.1 Å². The third kappa shape index (κ3) is 4.48. The van der Waals surface area contributed by atoms with E-state index in [9.17, 15) is 9.90 Å². The van der Waals surface area contributed by atoms with Crippen LogP contribution in [0, 0.1) is 0 Å². The standard InChI is InChI=1S/C20H21N5O4S/c1-2-24(11-16-12-28-17-5-3-4-6-18(17)29-16)19(27)13-30-20-21-22-23-25(20)14-7-9-15(26)10-8-14/h3-10,16,26H,2,11-13H2,1H3. The van der Waals surface area contributed by atoms with Crippen molar-refractivity contribution < 1.29 is 19.4 Å². The molecule has 1 aromatic heterocycles. The fraction of sp³-hybridized carbons (Fsp3) is 0.300. The van der Waals surface area contributed by atoms with Gasteiger partial charge in [-0.25, -0.2) is 0 Å². The minimum atomic E-state index is -0.226. The average molecular weight is 427 g/mol. The van der Waals surface area contributed by atoms with Gasteiger partial charge in [0.2, 0.25) is 11.1 Å². The van der Waals surface area contributed by atoms with E-state index in [4.69, 9.17) is 9.47 Å². The molecule has 0 saturated heterocycles. The van der Waals surface area contributed by atoms with Gasteiger partial charge in [-0.15, -0.1) is 5.10 Å². The lowest BCUT2D eigenvalue weighted by Gasteiger charge is -2.30. The van der Waals surface area contributed by atoms with E-state index >= 15 is 0 Å². The van der Waals surface area contributed by atoms with Gasteiger partial charge in [0, 0.05) is 6.54 Å². The second kappa shape index (κ2) is 9.04. The van der Waals surface area contributed by atoms with Gasteiger partial charge in [0.05, 0.1) is 18.0 Å². The maximum atomic E-state index is 12.8. The minimum Gasteiger partial charge on any atom is -0.508 e. The second-order valence-corrected chi connectivity index (χ2v) is 7.55. The van der Waals surface area contributed by atoms with E-state index in [2.05, 4.69) is 15.5 Å². The number of rotatable bonds is 7. The van der Waals surface area contributed by atoms with E-state index in [-0.39, 0.29) is 23.5 Å². The number of fused-ring (bicyclic) bond motifs is 1. The molecule has 10 heteroatoms. The van der Waals surface area contributed by atoms with Crippen LogP contribution in [0.3, 0.4) is 0 Å². The number of amides is 1. The van der Waals surface area contributed by atoms with Gasteiger partial charge < -0.3 is 19.5 Å². The predicted octanol–water partition coefficient (Wildman–Crippen LogP) is 2.15. The van der Waals surface area contributed by atoms with Crippen LogP contribution in [0.25, 0.3) is 5.69 Å². The van der Waals surface area contributed by atoms with Gasteiger partial charge in [0.25, 0.3) is 0 Å². The van der Waals surface area contributed by atoms with Crippen LogP contribution in [0.2, 0.25) is 0 Å². The van der Waals surface area contributed by atoms with Crippen molar-refractivity contribution >= 4 is 17.7 Å². The number of carbonyl (C=O) groups is 1. The van der Waals surface area contributed by atoms with Crippen LogP contribution in [0.5, 0.6) is 17.2 Å². The number of benzene rings is 2. The van der Waals surface area contributed by atoms with Gasteiger partial charge in [-0.05, 0) is 53.7 Å². The number of nitrogens with zero attached hydrogens (tertiary/aromatic N) is 5. The number of likely N-dealkylation sites (N-methyl/N-ethyl adjacent to an activating group) is 1. The zero-order chi connectivity index (χ0) is 20.9. The van der Waals surface area contributed by atoms with Gasteiger partial charge >= 0.3 is 0 Å². The van der Waals surface area contributed by atoms with Crippen molar-refractivity contribution in [2.24, 2.45) is 0 Å². The topological polar surface area (TPSA) is 103 Å². The van der Waals surface area contributed by atoms with E-state index in [0.717, 1.165) is 5.75 Å². The highest BCUT2D eigenvalue weighted by Gasteiger charge is 2.25. The molecule has 0 spiro atoms. The Balaban J connectivity index is 1.36. The van der Waals surface area contributed by atoms with E-state index in [1.54, 1.807) is 29.2 Å². The Bertz CT molecular complexity index is 1010. The molecule has 1 aliphatic heterocycles. The summed E-state index contributed by atoms with van der Waals surface area (Å²) in [5.41, 5.74) is 0.700. The molecular formula is C20H21N5O4S. The Morgan fingerprint density at radius 3 is 2.77 bits per heavy atom. The highest BCUT2D eigenvalue weighted by molar-refractivity contribution is 7.99. The molecule has 0 fully saturated rings. The first-order valence-corrected chi connectivity index (χ1v) is 10.5. The van der Waals surface area contributed by atoms with Crippen molar-refractivity contribution in [3.8, 4) is 22.9 Å². The maximum absolute atomic E-state index is 12.8. The fourth-order valence-corrected chi connectivity index (χ4v) is 3.84. The van der Waals surface area contributed by atoms with Crippen LogP contribution >= 0.6 is 11.8 Å². The van der Waals surface area contributed by atoms with E-state index < -0.39 is 0 Å². The van der Waals surface area contributed by atoms with Crippen molar-refractivity contribution in [3.63, 3.8) is 0 Å². The normalized spacial score (nSPS) is 15.0. The summed E-state index contributed by atoms with van der Waals surface area (Å²) in [7, 11) is 0. The van der Waals surface area contributed by atoms with Crippen LogP contribution in [-0.2, 0) is 4.79 Å². The number of tetrazole rings is 1. The zero-order valence-electron chi connectivity index (χ0n) is 16.3. The van der Waals surface area contributed by atoms with Gasteiger partial charge in [-0.2, -0.15) is 4.68 Å². The van der Waals surface area contributed by atoms with Crippen molar-refractivity contribution in [2.45, 2.75) is 18.2 Å². The van der Waals surface area contributed by atoms with Crippen LogP contribution in [0.1, 0.15) is 6.92 Å². The molecule has 30 heavy (non-hydrogen) atoms. The number of carbonyl (C=O) groups excluding carboxylic acids is 1. The number of ether oxygens (including phenoxy) is 2. The molecule has 1 atom stereocenters. The highest BCUT2D eigenvalue weighted by atomic mass is 32.2. The lowest BCUT2D eigenvalue weighted by molar-refractivity contribution is -0.129. The first-order chi connectivity index (χ1) is 14.6. The summed E-state index contributed by atoms with van der Waals surface area (Å²) in [6.07, 6.45) is -0.226. The lowest BCUT2D eigenvalue weighted by Crippen LogP contribution is -2.44. The SMILES string of the molecule is CCN(CC1COc2ccccc2O1)C(=O)CSc1nnnn1-c1ccc(O)cc1. The van der Waals surface area contributed by atoms with Crippen LogP contribution in [0.4, 0.5) is 0 Å². The number of hydrogen-bond acceptors (Lipinski definition) is 8. The molecule has 1 aliphatic rings. The van der Waals surface area contributed by atoms with E-state index in [0.29, 0.717) is 36.3 Å². The summed E-state index contributed by atoms with van der Waals surface area (Å²) in [6.45, 7) is 3.32. The predicted molar refractivity (Wildman–Crippen MR) is 110 cm³/mol. The molecule has 9 nitrogen and oxygen atoms in total. The Morgan fingerprint density at radius 2 is 2.00 bits per heavy atom. The Morgan fingerprint density at radius 1 is 1.23 bits per heavy atom. The van der Waals surface area contributed by atoms with Crippen molar-refractivity contribution in [3.05, 3.63) is 48.5 Å². The molecule has 156 valence electrons. The molecule has 2 aromatic carbocycles. The molecule has 1 amide bonds. The third-order valence-electron chi connectivity index (χ3n) is 4.59. The maximum Gasteiger partial charge on any atom is 0.233 e. The summed E-state index contributed by atoms with van der Waals surface area (Å²) in [4.78, 5) is 14.5. The minimum absolute atomic E-state index is 0.0368. The number of phenols is 1. The molecule has 0 aliphatic carbocycles. The number of para-hydroxylation sites is 2. The molecule has 0 radical (unpaired) electrons. The van der Waals surface area contributed by atoms with Crippen LogP contribution < -0.4 is 9.47 Å². The molecular weight excluding hydrogens is 406 g/mol. The summed E-state index contributed by atoms with van der Waals surface area (Å²) in [6, 6.07) is 14.0. The molecule has 2 heterocycles. The number of phenolic OH excluding ortho intramolecular Hbond substituents is 1. The quantitative estimate of drug-likeness (QED) is 0.572. The third-order valence-corrected chi connectivity index (χ3v) is 5.49. The smallest absolute Gasteiger partial charge is 0.233 e. The van der Waals surface area contributed by atoms with Crippen molar-refractivity contribution in [2.75, 3.05) is 25.4 Å². The summed E-state index contributed by atoms with van der Waals surface area (Å²) < 4.78 is 13.2. The first-order valence-electron chi connectivity index (χ1n) is 9.51. The molecule has 3 aromatic rings. The largest absolute Gasteiger partial charge is 0.508 e. The highest BCUT2D eigenvalue weighted by Crippen LogP contribution is 2.31. The lowest BCUT2D eigenvalue weighted by atomic mass is 10.2. The summed E-state index contributed by atoms with van der Waals surface area (Å²) in [5.74, 6) is 1.73. The molecule has 0 bridgehead atoms. The molecule has 1 unspecified atom stereocenters. The van der Waals surface area contributed by atoms with Gasteiger partial charge in [-0.1, -0.05) is 23.9 Å². The molecule has 0 saturated carbocycles. The Labute approximate surface area is 177 Å².